The number of hydrogen-bond acceptors (Lipinski definition) is 3. The van der Waals surface area contributed by atoms with Crippen LogP contribution in [0, 0.1) is 19.8 Å². The lowest BCUT2D eigenvalue weighted by molar-refractivity contribution is -0.126. The summed E-state index contributed by atoms with van der Waals surface area (Å²) in [4.78, 5) is 12.8. The van der Waals surface area contributed by atoms with Gasteiger partial charge in [0.05, 0.1) is 4.90 Å². The van der Waals surface area contributed by atoms with Crippen molar-refractivity contribution < 1.29 is 13.2 Å². The second kappa shape index (κ2) is 8.23. The molecule has 0 spiro atoms. The Hall–Kier alpha value is -2.18. The lowest BCUT2D eigenvalue weighted by Crippen LogP contribution is -2.42. The van der Waals surface area contributed by atoms with Gasteiger partial charge in [-0.25, -0.2) is 8.42 Å². The van der Waals surface area contributed by atoms with Gasteiger partial charge >= 0.3 is 0 Å². The predicted octanol–water partition coefficient (Wildman–Crippen LogP) is 3.02. The molecule has 1 heterocycles. The summed E-state index contributed by atoms with van der Waals surface area (Å²) in [7, 11) is -3.47. The Morgan fingerprint density at radius 3 is 2.37 bits per heavy atom. The van der Waals surface area contributed by atoms with Crippen molar-refractivity contribution in [1.82, 2.24) is 9.62 Å². The Morgan fingerprint density at radius 2 is 1.74 bits per heavy atom. The van der Waals surface area contributed by atoms with Crippen LogP contribution in [0.25, 0.3) is 0 Å². The van der Waals surface area contributed by atoms with Crippen LogP contribution in [0.4, 0.5) is 0 Å². The Bertz CT molecular complexity index is 902. The molecule has 1 N–H and O–H groups in total. The minimum absolute atomic E-state index is 0.00624. The molecule has 5 nitrogen and oxygen atoms in total. The molecule has 0 atom stereocenters. The summed E-state index contributed by atoms with van der Waals surface area (Å²) in [6.07, 6.45) is 1.09. The van der Waals surface area contributed by atoms with Crippen molar-refractivity contribution in [2.75, 3.05) is 13.1 Å². The van der Waals surface area contributed by atoms with Crippen LogP contribution in [0.2, 0.25) is 0 Å². The van der Waals surface area contributed by atoms with E-state index in [1.165, 1.54) is 15.4 Å². The third-order valence-corrected chi connectivity index (χ3v) is 7.07. The summed E-state index contributed by atoms with van der Waals surface area (Å²) in [5.41, 5.74) is 3.48. The molecule has 1 amide bonds. The van der Waals surface area contributed by atoms with Crippen molar-refractivity contribution in [1.29, 1.82) is 0 Å². The van der Waals surface area contributed by atoms with E-state index in [4.69, 9.17) is 0 Å². The van der Waals surface area contributed by atoms with Gasteiger partial charge in [-0.15, -0.1) is 0 Å². The van der Waals surface area contributed by atoms with Crippen LogP contribution in [-0.2, 0) is 21.4 Å². The van der Waals surface area contributed by atoms with Crippen LogP contribution in [0.1, 0.15) is 29.5 Å². The number of carbonyl (C=O) groups excluding carboxylic acids is 1. The Balaban J connectivity index is 1.55. The van der Waals surface area contributed by atoms with E-state index in [1.807, 2.05) is 26.0 Å². The molecule has 0 bridgehead atoms. The van der Waals surface area contributed by atoms with Crippen LogP contribution in [0.3, 0.4) is 0 Å². The summed E-state index contributed by atoms with van der Waals surface area (Å²) in [6.45, 7) is 5.35. The van der Waals surface area contributed by atoms with E-state index in [1.54, 1.807) is 30.3 Å². The molecule has 1 aliphatic rings. The first-order valence-corrected chi connectivity index (χ1v) is 10.7. The highest BCUT2D eigenvalue weighted by Gasteiger charge is 2.31. The van der Waals surface area contributed by atoms with E-state index < -0.39 is 10.0 Å². The first-order chi connectivity index (χ1) is 12.9. The molecule has 144 valence electrons. The Labute approximate surface area is 161 Å². The van der Waals surface area contributed by atoms with Gasteiger partial charge in [-0.3, -0.25) is 4.79 Å². The number of nitrogens with zero attached hydrogens (tertiary/aromatic N) is 1. The molecule has 1 fully saturated rings. The van der Waals surface area contributed by atoms with E-state index in [0.29, 0.717) is 37.4 Å². The standard InChI is InChI=1S/C21H26N2O3S/c1-16-8-9-19(17(2)14-16)15-22-21(24)18-10-12-23(13-11-18)27(25,26)20-6-4-3-5-7-20/h3-9,14,18H,10-13,15H2,1-2H3,(H,22,24). The number of aryl methyl sites for hydroxylation is 2. The number of nitrogens with one attached hydrogen (secondary N) is 1. The van der Waals surface area contributed by atoms with Gasteiger partial charge in [0.2, 0.25) is 15.9 Å². The molecule has 27 heavy (non-hydrogen) atoms. The zero-order chi connectivity index (χ0) is 19.4. The van der Waals surface area contributed by atoms with E-state index >= 15 is 0 Å². The maximum atomic E-state index is 12.7. The van der Waals surface area contributed by atoms with Crippen molar-refractivity contribution in [2.45, 2.75) is 38.1 Å². The second-order valence-electron chi connectivity index (χ2n) is 7.14. The third kappa shape index (κ3) is 4.57. The summed E-state index contributed by atoms with van der Waals surface area (Å²) in [5.74, 6) is -0.135. The number of hydrogen-bond donors (Lipinski definition) is 1. The number of amides is 1. The molecule has 1 aliphatic heterocycles. The van der Waals surface area contributed by atoms with Crippen LogP contribution in [0.15, 0.2) is 53.4 Å². The van der Waals surface area contributed by atoms with Gasteiger partial charge in [0.15, 0.2) is 0 Å². The molecule has 0 unspecified atom stereocenters. The number of benzene rings is 2. The summed E-state index contributed by atoms with van der Waals surface area (Å²) >= 11 is 0. The third-order valence-electron chi connectivity index (χ3n) is 5.16. The maximum absolute atomic E-state index is 12.7. The average Bonchev–Trinajstić information content (AvgIpc) is 2.68. The van der Waals surface area contributed by atoms with Gasteiger partial charge in [0.1, 0.15) is 0 Å². The first kappa shape index (κ1) is 19.6. The van der Waals surface area contributed by atoms with Crippen molar-refractivity contribution in [3.63, 3.8) is 0 Å². The largest absolute Gasteiger partial charge is 0.352 e. The first-order valence-electron chi connectivity index (χ1n) is 9.27. The minimum atomic E-state index is -3.47. The van der Waals surface area contributed by atoms with Crippen molar-refractivity contribution in [3.05, 3.63) is 65.2 Å². The molecule has 0 aromatic heterocycles. The van der Waals surface area contributed by atoms with Gasteiger partial charge in [0.25, 0.3) is 0 Å². The van der Waals surface area contributed by atoms with E-state index in [0.717, 1.165) is 5.56 Å². The normalized spacial score (nSPS) is 16.2. The topological polar surface area (TPSA) is 66.5 Å². The van der Waals surface area contributed by atoms with Crippen LogP contribution in [0.5, 0.6) is 0 Å². The van der Waals surface area contributed by atoms with Gasteiger partial charge in [-0.1, -0.05) is 42.0 Å². The number of rotatable bonds is 5. The molecule has 2 aromatic rings. The molecule has 0 saturated carbocycles. The summed E-state index contributed by atoms with van der Waals surface area (Å²) in [5, 5.41) is 3.01. The fourth-order valence-corrected chi connectivity index (χ4v) is 4.96. The van der Waals surface area contributed by atoms with Crippen LogP contribution < -0.4 is 5.32 Å². The lowest BCUT2D eigenvalue weighted by Gasteiger charge is -2.30. The highest BCUT2D eigenvalue weighted by molar-refractivity contribution is 7.89. The molecule has 6 heteroatoms. The highest BCUT2D eigenvalue weighted by atomic mass is 32.2. The molecule has 1 saturated heterocycles. The highest BCUT2D eigenvalue weighted by Crippen LogP contribution is 2.24. The van der Waals surface area contributed by atoms with Crippen LogP contribution in [-0.4, -0.2) is 31.7 Å². The SMILES string of the molecule is Cc1ccc(CNC(=O)C2CCN(S(=O)(=O)c3ccccc3)CC2)c(C)c1. The van der Waals surface area contributed by atoms with E-state index in [-0.39, 0.29) is 11.8 Å². The number of piperidine rings is 1. The summed E-state index contributed by atoms with van der Waals surface area (Å²) in [6, 6.07) is 14.7. The summed E-state index contributed by atoms with van der Waals surface area (Å²) < 4.78 is 26.8. The average molecular weight is 387 g/mol. The predicted molar refractivity (Wildman–Crippen MR) is 106 cm³/mol. The van der Waals surface area contributed by atoms with Crippen molar-refractivity contribution in [3.8, 4) is 0 Å². The number of sulfonamides is 1. The second-order valence-corrected chi connectivity index (χ2v) is 9.08. The minimum Gasteiger partial charge on any atom is -0.352 e. The van der Waals surface area contributed by atoms with Crippen molar-refractivity contribution >= 4 is 15.9 Å². The molecular formula is C21H26N2O3S. The zero-order valence-corrected chi connectivity index (χ0v) is 16.6. The molecule has 3 rings (SSSR count). The van der Waals surface area contributed by atoms with Crippen molar-refractivity contribution in [2.24, 2.45) is 5.92 Å². The van der Waals surface area contributed by atoms with E-state index in [2.05, 4.69) is 11.4 Å². The molecule has 0 radical (unpaired) electrons. The van der Waals surface area contributed by atoms with Crippen LogP contribution >= 0.6 is 0 Å². The quantitative estimate of drug-likeness (QED) is 0.859. The maximum Gasteiger partial charge on any atom is 0.243 e. The zero-order valence-electron chi connectivity index (χ0n) is 15.8. The monoisotopic (exact) mass is 386 g/mol. The fourth-order valence-electron chi connectivity index (χ4n) is 3.47. The Morgan fingerprint density at radius 1 is 1.07 bits per heavy atom. The lowest BCUT2D eigenvalue weighted by atomic mass is 9.97. The van der Waals surface area contributed by atoms with Gasteiger partial charge in [-0.05, 0) is 49.9 Å². The van der Waals surface area contributed by atoms with Gasteiger partial charge < -0.3 is 5.32 Å². The molecular weight excluding hydrogens is 360 g/mol. The molecule has 0 aliphatic carbocycles. The Kier molecular flexibility index (Phi) is 5.97. The van der Waals surface area contributed by atoms with E-state index in [9.17, 15) is 13.2 Å². The van der Waals surface area contributed by atoms with Gasteiger partial charge in [-0.2, -0.15) is 4.31 Å². The smallest absolute Gasteiger partial charge is 0.243 e. The number of carbonyl (C=O) groups is 1. The van der Waals surface area contributed by atoms with Gasteiger partial charge in [0, 0.05) is 25.6 Å². The fraction of sp³-hybridized carbons (Fsp3) is 0.381. The molecule has 2 aromatic carbocycles.